The maximum atomic E-state index is 12.0. The van der Waals surface area contributed by atoms with Gasteiger partial charge in [0.05, 0.1) is 17.0 Å². The summed E-state index contributed by atoms with van der Waals surface area (Å²) in [6.45, 7) is 5.89. The summed E-state index contributed by atoms with van der Waals surface area (Å²) < 4.78 is 5.78. The molecule has 2 aliphatic rings. The van der Waals surface area contributed by atoms with Crippen molar-refractivity contribution in [2.75, 3.05) is 23.4 Å². The Morgan fingerprint density at radius 3 is 2.86 bits per heavy atom. The third-order valence-electron chi connectivity index (χ3n) is 4.32. The van der Waals surface area contributed by atoms with Gasteiger partial charge in [0.25, 0.3) is 0 Å². The van der Waals surface area contributed by atoms with Gasteiger partial charge >= 0.3 is 0 Å². The highest BCUT2D eigenvalue weighted by molar-refractivity contribution is 5.98. The lowest BCUT2D eigenvalue weighted by atomic mass is 9.93. The van der Waals surface area contributed by atoms with Gasteiger partial charge in [-0.05, 0) is 45.2 Å². The molecule has 21 heavy (non-hydrogen) atoms. The molecule has 0 radical (unpaired) electrons. The molecular formula is C17H24N2O2. The summed E-state index contributed by atoms with van der Waals surface area (Å²) in [5, 5.41) is 3.63. The lowest BCUT2D eigenvalue weighted by Gasteiger charge is -2.36. The van der Waals surface area contributed by atoms with Crippen LogP contribution in [0.4, 0.5) is 11.4 Å². The van der Waals surface area contributed by atoms with Crippen LogP contribution >= 0.6 is 0 Å². The summed E-state index contributed by atoms with van der Waals surface area (Å²) in [7, 11) is 0. The summed E-state index contributed by atoms with van der Waals surface area (Å²) in [5.74, 6) is 0.233. The number of nitrogens with one attached hydrogen (secondary N) is 1. The standard InChI is InChI=1S/C17H24N2O2/c1-17(2)12-13(9-11-21-17)18-14-6-3-4-7-15(14)19-10-5-8-16(19)20/h3-4,6-7,13,18H,5,8-12H2,1-2H3. The highest BCUT2D eigenvalue weighted by Crippen LogP contribution is 2.32. The fraction of sp³-hybridized carbons (Fsp3) is 0.588. The Kier molecular flexibility index (Phi) is 3.89. The van der Waals surface area contributed by atoms with Crippen molar-refractivity contribution in [2.24, 2.45) is 0 Å². The predicted molar refractivity (Wildman–Crippen MR) is 84.7 cm³/mol. The van der Waals surface area contributed by atoms with Crippen LogP contribution in [0.1, 0.15) is 39.5 Å². The second kappa shape index (κ2) is 5.68. The van der Waals surface area contributed by atoms with Gasteiger partial charge < -0.3 is 15.0 Å². The van der Waals surface area contributed by atoms with Crippen molar-refractivity contribution in [1.29, 1.82) is 0 Å². The zero-order valence-corrected chi connectivity index (χ0v) is 12.9. The van der Waals surface area contributed by atoms with Crippen molar-refractivity contribution in [3.05, 3.63) is 24.3 Å². The number of amides is 1. The number of ether oxygens (including phenoxy) is 1. The maximum Gasteiger partial charge on any atom is 0.227 e. The average molecular weight is 288 g/mol. The Hall–Kier alpha value is -1.55. The first-order chi connectivity index (χ1) is 10.1. The molecule has 0 bridgehead atoms. The Morgan fingerprint density at radius 1 is 1.33 bits per heavy atom. The molecule has 2 fully saturated rings. The second-order valence-corrected chi connectivity index (χ2v) is 6.61. The van der Waals surface area contributed by atoms with E-state index in [2.05, 4.69) is 25.2 Å². The van der Waals surface area contributed by atoms with E-state index in [4.69, 9.17) is 4.74 Å². The molecule has 0 saturated carbocycles. The number of anilines is 2. The van der Waals surface area contributed by atoms with E-state index in [9.17, 15) is 4.79 Å². The summed E-state index contributed by atoms with van der Waals surface area (Å²) in [6.07, 6.45) is 3.61. The molecule has 2 heterocycles. The van der Waals surface area contributed by atoms with Crippen LogP contribution in [0.2, 0.25) is 0 Å². The molecule has 2 saturated heterocycles. The molecule has 1 aromatic rings. The monoisotopic (exact) mass is 288 g/mol. The van der Waals surface area contributed by atoms with E-state index in [1.54, 1.807) is 0 Å². The molecule has 1 aromatic carbocycles. The molecule has 4 heteroatoms. The van der Waals surface area contributed by atoms with Crippen LogP contribution in [-0.2, 0) is 9.53 Å². The topological polar surface area (TPSA) is 41.6 Å². The number of benzene rings is 1. The van der Waals surface area contributed by atoms with Gasteiger partial charge in [0.15, 0.2) is 0 Å². The highest BCUT2D eigenvalue weighted by Gasteiger charge is 2.30. The van der Waals surface area contributed by atoms with Crippen LogP contribution < -0.4 is 10.2 Å². The van der Waals surface area contributed by atoms with Crippen molar-refractivity contribution < 1.29 is 9.53 Å². The SMILES string of the molecule is CC1(C)CC(Nc2ccccc2N2CCCC2=O)CCO1. The molecule has 0 spiro atoms. The zero-order valence-electron chi connectivity index (χ0n) is 12.9. The molecule has 0 aliphatic carbocycles. The van der Waals surface area contributed by atoms with Gasteiger partial charge in [-0.15, -0.1) is 0 Å². The fourth-order valence-corrected chi connectivity index (χ4v) is 3.31. The summed E-state index contributed by atoms with van der Waals surface area (Å²) >= 11 is 0. The van der Waals surface area contributed by atoms with Crippen molar-refractivity contribution >= 4 is 17.3 Å². The van der Waals surface area contributed by atoms with Crippen LogP contribution in [-0.4, -0.2) is 30.7 Å². The van der Waals surface area contributed by atoms with E-state index in [1.165, 1.54) is 0 Å². The Bertz CT molecular complexity index is 527. The fourth-order valence-electron chi connectivity index (χ4n) is 3.31. The number of carbonyl (C=O) groups is 1. The molecule has 2 aliphatic heterocycles. The van der Waals surface area contributed by atoms with Gasteiger partial charge in [-0.3, -0.25) is 4.79 Å². The minimum absolute atomic E-state index is 0.0751. The van der Waals surface area contributed by atoms with Crippen molar-refractivity contribution in [3.63, 3.8) is 0 Å². The lowest BCUT2D eigenvalue weighted by Crippen LogP contribution is -2.40. The van der Waals surface area contributed by atoms with Gasteiger partial charge in [0.2, 0.25) is 5.91 Å². The summed E-state index contributed by atoms with van der Waals surface area (Å²) in [5.41, 5.74) is 2.01. The van der Waals surface area contributed by atoms with Crippen LogP contribution in [0.3, 0.4) is 0 Å². The van der Waals surface area contributed by atoms with Gasteiger partial charge in [0.1, 0.15) is 0 Å². The van der Waals surface area contributed by atoms with Crippen LogP contribution in [0, 0.1) is 0 Å². The Morgan fingerprint density at radius 2 is 2.14 bits per heavy atom. The van der Waals surface area contributed by atoms with E-state index in [0.717, 1.165) is 43.8 Å². The third kappa shape index (κ3) is 3.21. The van der Waals surface area contributed by atoms with Gasteiger partial charge in [-0.1, -0.05) is 12.1 Å². The van der Waals surface area contributed by atoms with E-state index in [1.807, 2.05) is 23.1 Å². The van der Waals surface area contributed by atoms with Crippen molar-refractivity contribution in [3.8, 4) is 0 Å². The molecule has 114 valence electrons. The zero-order chi connectivity index (χ0) is 14.9. The summed E-state index contributed by atoms with van der Waals surface area (Å²) in [4.78, 5) is 13.9. The highest BCUT2D eigenvalue weighted by atomic mass is 16.5. The minimum atomic E-state index is -0.0751. The predicted octanol–water partition coefficient (Wildman–Crippen LogP) is 3.18. The number of hydrogen-bond donors (Lipinski definition) is 1. The number of nitrogens with zero attached hydrogens (tertiary/aromatic N) is 1. The minimum Gasteiger partial charge on any atom is -0.380 e. The van der Waals surface area contributed by atoms with Crippen LogP contribution in [0.25, 0.3) is 0 Å². The largest absolute Gasteiger partial charge is 0.380 e. The second-order valence-electron chi connectivity index (χ2n) is 6.61. The molecule has 0 aromatic heterocycles. The number of rotatable bonds is 3. The smallest absolute Gasteiger partial charge is 0.227 e. The average Bonchev–Trinajstić information content (AvgIpc) is 2.84. The van der Waals surface area contributed by atoms with Crippen LogP contribution in [0.15, 0.2) is 24.3 Å². The number of carbonyl (C=O) groups excluding carboxylic acids is 1. The van der Waals surface area contributed by atoms with E-state index in [-0.39, 0.29) is 11.5 Å². The van der Waals surface area contributed by atoms with Crippen molar-refractivity contribution in [1.82, 2.24) is 0 Å². The molecular weight excluding hydrogens is 264 g/mol. The number of hydrogen-bond acceptors (Lipinski definition) is 3. The molecule has 3 rings (SSSR count). The number of para-hydroxylation sites is 2. The van der Waals surface area contributed by atoms with E-state index >= 15 is 0 Å². The van der Waals surface area contributed by atoms with Gasteiger partial charge in [-0.2, -0.15) is 0 Å². The first kappa shape index (κ1) is 14.4. The first-order valence-corrected chi connectivity index (χ1v) is 7.85. The quantitative estimate of drug-likeness (QED) is 0.928. The molecule has 1 N–H and O–H groups in total. The first-order valence-electron chi connectivity index (χ1n) is 7.85. The maximum absolute atomic E-state index is 12.0. The van der Waals surface area contributed by atoms with Gasteiger partial charge in [-0.25, -0.2) is 0 Å². The van der Waals surface area contributed by atoms with Crippen molar-refractivity contribution in [2.45, 2.75) is 51.2 Å². The Balaban J connectivity index is 1.78. The van der Waals surface area contributed by atoms with Gasteiger partial charge in [0, 0.05) is 25.6 Å². The molecule has 1 amide bonds. The molecule has 4 nitrogen and oxygen atoms in total. The third-order valence-corrected chi connectivity index (χ3v) is 4.32. The van der Waals surface area contributed by atoms with E-state index in [0.29, 0.717) is 12.5 Å². The van der Waals surface area contributed by atoms with Crippen LogP contribution in [0.5, 0.6) is 0 Å². The summed E-state index contributed by atoms with van der Waals surface area (Å²) in [6, 6.07) is 8.53. The lowest BCUT2D eigenvalue weighted by molar-refractivity contribution is -0.117. The Labute approximate surface area is 126 Å². The normalized spacial score (nSPS) is 25.1. The molecule has 1 atom stereocenters. The molecule has 1 unspecified atom stereocenters. The van der Waals surface area contributed by atoms with E-state index < -0.39 is 0 Å².